The van der Waals surface area contributed by atoms with Crippen molar-refractivity contribution in [2.75, 3.05) is 0 Å². The molecular weight excluding hydrogens is 218 g/mol. The Kier molecular flexibility index (Phi) is 3.47. The molecule has 2 rings (SSSR count). The lowest BCUT2D eigenvalue weighted by molar-refractivity contribution is -0.139. The predicted molar refractivity (Wildman–Crippen MR) is 63.7 cm³/mol. The number of hydrogen-bond donors (Lipinski definition) is 2. The molecule has 0 bridgehead atoms. The Morgan fingerprint density at radius 3 is 3.18 bits per heavy atom. The first kappa shape index (κ1) is 12.1. The zero-order valence-electron chi connectivity index (χ0n) is 10.3. The molecule has 94 valence electrons. The molecule has 0 aromatic carbocycles. The number of carboxylic acid groups (broad SMARTS) is 1. The Labute approximate surface area is 101 Å². The molecule has 1 aliphatic carbocycles. The van der Waals surface area contributed by atoms with E-state index in [4.69, 9.17) is 5.11 Å². The maximum atomic E-state index is 11.0. The minimum absolute atomic E-state index is 0.133. The van der Waals surface area contributed by atoms with Crippen LogP contribution in [0.15, 0.2) is 6.20 Å². The van der Waals surface area contributed by atoms with Gasteiger partial charge in [0, 0.05) is 24.3 Å². The Bertz CT molecular complexity index is 414. The van der Waals surface area contributed by atoms with Crippen molar-refractivity contribution >= 4 is 5.97 Å². The van der Waals surface area contributed by atoms with Crippen LogP contribution in [0.2, 0.25) is 0 Å². The Morgan fingerprint density at radius 2 is 2.53 bits per heavy atom. The molecular formula is C12H19N3O2. The lowest BCUT2D eigenvalue weighted by Gasteiger charge is -2.26. The van der Waals surface area contributed by atoms with Crippen molar-refractivity contribution in [3.05, 3.63) is 17.5 Å². The minimum atomic E-state index is -0.775. The van der Waals surface area contributed by atoms with Gasteiger partial charge in [-0.1, -0.05) is 6.92 Å². The van der Waals surface area contributed by atoms with E-state index in [1.54, 1.807) is 0 Å². The summed E-state index contributed by atoms with van der Waals surface area (Å²) in [5, 5.41) is 16.6. The summed E-state index contributed by atoms with van der Waals surface area (Å²) in [6.45, 7) is 1.89. The molecule has 5 nitrogen and oxygen atoms in total. The standard InChI is InChI=1S/C12H19N3O2/c1-3-9(12(16)17)14-10-5-4-6-11-8(10)7-13-15(11)2/h7,9-10,14H,3-6H2,1-2H3,(H,16,17). The van der Waals surface area contributed by atoms with Gasteiger partial charge in [0.25, 0.3) is 0 Å². The molecule has 1 aromatic heterocycles. The molecule has 2 atom stereocenters. The molecule has 0 spiro atoms. The van der Waals surface area contributed by atoms with Crippen LogP contribution in [-0.4, -0.2) is 26.9 Å². The molecule has 0 fully saturated rings. The van der Waals surface area contributed by atoms with Crippen LogP contribution in [0.4, 0.5) is 0 Å². The van der Waals surface area contributed by atoms with E-state index < -0.39 is 12.0 Å². The molecule has 0 aliphatic heterocycles. The van der Waals surface area contributed by atoms with Crippen LogP contribution in [0.5, 0.6) is 0 Å². The van der Waals surface area contributed by atoms with Crippen molar-refractivity contribution in [2.45, 2.75) is 44.7 Å². The highest BCUT2D eigenvalue weighted by atomic mass is 16.4. The molecule has 5 heteroatoms. The van der Waals surface area contributed by atoms with E-state index in [2.05, 4.69) is 10.4 Å². The number of aromatic nitrogens is 2. The summed E-state index contributed by atoms with van der Waals surface area (Å²) in [4.78, 5) is 11.0. The van der Waals surface area contributed by atoms with Gasteiger partial charge in [-0.15, -0.1) is 0 Å². The lowest BCUT2D eigenvalue weighted by Crippen LogP contribution is -2.39. The van der Waals surface area contributed by atoms with Crippen molar-refractivity contribution in [1.29, 1.82) is 0 Å². The molecule has 2 unspecified atom stereocenters. The number of carboxylic acids is 1. The first-order valence-electron chi connectivity index (χ1n) is 6.13. The third-order valence-corrected chi connectivity index (χ3v) is 3.48. The second kappa shape index (κ2) is 4.87. The average molecular weight is 237 g/mol. The number of aliphatic carboxylic acids is 1. The number of hydrogen-bond acceptors (Lipinski definition) is 3. The van der Waals surface area contributed by atoms with E-state index in [1.165, 1.54) is 11.3 Å². The molecule has 1 heterocycles. The van der Waals surface area contributed by atoms with Gasteiger partial charge in [-0.3, -0.25) is 14.8 Å². The van der Waals surface area contributed by atoms with Crippen molar-refractivity contribution in [3.63, 3.8) is 0 Å². The quantitative estimate of drug-likeness (QED) is 0.827. The van der Waals surface area contributed by atoms with Crippen molar-refractivity contribution < 1.29 is 9.90 Å². The van der Waals surface area contributed by atoms with Gasteiger partial charge in [0.05, 0.1) is 6.20 Å². The van der Waals surface area contributed by atoms with Crippen LogP contribution in [0, 0.1) is 0 Å². The maximum Gasteiger partial charge on any atom is 0.320 e. The molecule has 0 radical (unpaired) electrons. The smallest absolute Gasteiger partial charge is 0.320 e. The molecule has 17 heavy (non-hydrogen) atoms. The van der Waals surface area contributed by atoms with Crippen LogP contribution in [0.1, 0.15) is 43.5 Å². The van der Waals surface area contributed by atoms with Crippen molar-refractivity contribution in [1.82, 2.24) is 15.1 Å². The van der Waals surface area contributed by atoms with E-state index >= 15 is 0 Å². The predicted octanol–water partition coefficient (Wildman–Crippen LogP) is 1.25. The lowest BCUT2D eigenvalue weighted by atomic mass is 9.92. The third kappa shape index (κ3) is 2.34. The van der Waals surface area contributed by atoms with Gasteiger partial charge in [-0.05, 0) is 25.7 Å². The number of fused-ring (bicyclic) bond motifs is 1. The average Bonchev–Trinajstić information content (AvgIpc) is 2.69. The minimum Gasteiger partial charge on any atom is -0.480 e. The number of nitrogens with zero attached hydrogens (tertiary/aromatic N) is 2. The number of rotatable bonds is 4. The number of carbonyl (C=O) groups is 1. The topological polar surface area (TPSA) is 67.2 Å². The maximum absolute atomic E-state index is 11.0. The van der Waals surface area contributed by atoms with Gasteiger partial charge in [-0.2, -0.15) is 5.10 Å². The van der Waals surface area contributed by atoms with Crippen LogP contribution in [0.3, 0.4) is 0 Å². The van der Waals surface area contributed by atoms with Crippen LogP contribution >= 0.6 is 0 Å². The fourth-order valence-electron chi connectivity index (χ4n) is 2.49. The fraction of sp³-hybridized carbons (Fsp3) is 0.667. The van der Waals surface area contributed by atoms with Gasteiger partial charge >= 0.3 is 5.97 Å². The highest BCUT2D eigenvalue weighted by molar-refractivity contribution is 5.73. The highest BCUT2D eigenvalue weighted by Crippen LogP contribution is 2.29. The summed E-state index contributed by atoms with van der Waals surface area (Å²) in [7, 11) is 1.94. The zero-order valence-corrected chi connectivity index (χ0v) is 10.3. The molecule has 2 N–H and O–H groups in total. The molecule has 0 amide bonds. The summed E-state index contributed by atoms with van der Waals surface area (Å²) in [5.41, 5.74) is 2.40. The van der Waals surface area contributed by atoms with Gasteiger partial charge in [0.1, 0.15) is 6.04 Å². The Morgan fingerprint density at radius 1 is 1.76 bits per heavy atom. The van der Waals surface area contributed by atoms with Crippen molar-refractivity contribution in [2.24, 2.45) is 7.05 Å². The first-order valence-corrected chi connectivity index (χ1v) is 6.13. The van der Waals surface area contributed by atoms with E-state index in [9.17, 15) is 4.79 Å². The van der Waals surface area contributed by atoms with Gasteiger partial charge in [0.15, 0.2) is 0 Å². The fourth-order valence-corrected chi connectivity index (χ4v) is 2.49. The Balaban J connectivity index is 2.15. The van der Waals surface area contributed by atoms with Gasteiger partial charge in [-0.25, -0.2) is 0 Å². The third-order valence-electron chi connectivity index (χ3n) is 3.48. The molecule has 1 aromatic rings. The monoisotopic (exact) mass is 237 g/mol. The second-order valence-corrected chi connectivity index (χ2v) is 4.58. The molecule has 1 aliphatic rings. The summed E-state index contributed by atoms with van der Waals surface area (Å²) >= 11 is 0. The van der Waals surface area contributed by atoms with E-state index in [0.29, 0.717) is 6.42 Å². The van der Waals surface area contributed by atoms with Gasteiger partial charge < -0.3 is 5.11 Å². The largest absolute Gasteiger partial charge is 0.480 e. The zero-order chi connectivity index (χ0) is 12.4. The Hall–Kier alpha value is -1.36. The summed E-state index contributed by atoms with van der Waals surface area (Å²) in [6.07, 6.45) is 5.57. The summed E-state index contributed by atoms with van der Waals surface area (Å²) < 4.78 is 1.89. The molecule has 0 saturated carbocycles. The first-order chi connectivity index (χ1) is 8.13. The van der Waals surface area contributed by atoms with E-state index in [-0.39, 0.29) is 6.04 Å². The highest BCUT2D eigenvalue weighted by Gasteiger charge is 2.27. The normalized spacial score (nSPS) is 20.9. The van der Waals surface area contributed by atoms with Gasteiger partial charge in [0.2, 0.25) is 0 Å². The number of nitrogens with one attached hydrogen (secondary N) is 1. The number of aryl methyl sites for hydroxylation is 1. The SMILES string of the molecule is CCC(NC1CCCc2c1cnn2C)C(=O)O. The van der Waals surface area contributed by atoms with Crippen molar-refractivity contribution in [3.8, 4) is 0 Å². The van der Waals surface area contributed by atoms with E-state index in [1.807, 2.05) is 24.9 Å². The van der Waals surface area contributed by atoms with Crippen LogP contribution in [-0.2, 0) is 18.3 Å². The van der Waals surface area contributed by atoms with Crippen LogP contribution < -0.4 is 5.32 Å². The second-order valence-electron chi connectivity index (χ2n) is 4.58. The molecule has 0 saturated heterocycles. The van der Waals surface area contributed by atoms with E-state index in [0.717, 1.165) is 19.3 Å². The van der Waals surface area contributed by atoms with Crippen LogP contribution in [0.25, 0.3) is 0 Å². The summed E-state index contributed by atoms with van der Waals surface area (Å²) in [6, 6.07) is -0.334. The summed E-state index contributed by atoms with van der Waals surface area (Å²) in [5.74, 6) is -0.775.